The molecule has 0 saturated carbocycles. The molecule has 5 N–H and O–H groups in total. The van der Waals surface area contributed by atoms with E-state index >= 15 is 0 Å². The molecular weight excluding hydrogens is 264 g/mol. The average Bonchev–Trinajstić information content (AvgIpc) is 2.68. The summed E-state index contributed by atoms with van der Waals surface area (Å²) in [6.45, 7) is 4.78. The number of thiazole rings is 1. The van der Waals surface area contributed by atoms with Gasteiger partial charge in [0, 0.05) is 19.2 Å². The highest BCUT2D eigenvalue weighted by Crippen LogP contribution is 2.25. The minimum absolute atomic E-state index is 0.184. The van der Waals surface area contributed by atoms with Crippen molar-refractivity contribution in [2.45, 2.75) is 39.2 Å². The number of rotatable bonds is 8. The van der Waals surface area contributed by atoms with Gasteiger partial charge in [0.1, 0.15) is 10.7 Å². The van der Waals surface area contributed by atoms with Gasteiger partial charge in [-0.2, -0.15) is 0 Å². The average molecular weight is 286 g/mol. The summed E-state index contributed by atoms with van der Waals surface area (Å²) in [5.41, 5.74) is 5.74. The highest BCUT2D eigenvalue weighted by molar-refractivity contribution is 7.18. The van der Waals surface area contributed by atoms with Crippen LogP contribution in [0.25, 0.3) is 0 Å². The fourth-order valence-corrected chi connectivity index (χ4v) is 2.45. The topological polar surface area (TPSA) is 100 Å². The van der Waals surface area contributed by atoms with Gasteiger partial charge in [-0.05, 0) is 33.1 Å². The van der Waals surface area contributed by atoms with Crippen molar-refractivity contribution in [3.8, 4) is 0 Å². The Bertz CT molecular complexity index is 406. The van der Waals surface area contributed by atoms with Gasteiger partial charge in [0.25, 0.3) is 5.91 Å². The lowest BCUT2D eigenvalue weighted by molar-refractivity contribution is 0.0957. The summed E-state index contributed by atoms with van der Waals surface area (Å²) in [5.74, 6) is 0.0804. The van der Waals surface area contributed by atoms with E-state index in [0.717, 1.165) is 19.3 Å². The summed E-state index contributed by atoms with van der Waals surface area (Å²) >= 11 is 1.26. The number of aromatic nitrogens is 1. The minimum atomic E-state index is -0.184. The van der Waals surface area contributed by atoms with Crippen LogP contribution in [0.15, 0.2) is 0 Å². The predicted octanol–water partition coefficient (Wildman–Crippen LogP) is 1.44. The monoisotopic (exact) mass is 286 g/mol. The van der Waals surface area contributed by atoms with Crippen molar-refractivity contribution in [2.24, 2.45) is 0 Å². The number of carbonyl (C=O) groups excluding carboxylic acids is 1. The van der Waals surface area contributed by atoms with E-state index in [9.17, 15) is 4.79 Å². The molecular formula is C12H22N4O2S. The van der Waals surface area contributed by atoms with Crippen molar-refractivity contribution in [2.75, 3.05) is 24.2 Å². The summed E-state index contributed by atoms with van der Waals surface area (Å²) < 4.78 is 0. The largest absolute Gasteiger partial charge is 0.396 e. The SMILES string of the molecule is CC(C)Nc1nc(N)c(C(=O)NCCCCCO)s1. The highest BCUT2D eigenvalue weighted by atomic mass is 32.1. The first-order valence-electron chi connectivity index (χ1n) is 6.46. The lowest BCUT2D eigenvalue weighted by Crippen LogP contribution is -2.24. The summed E-state index contributed by atoms with van der Waals surface area (Å²) in [6, 6.07) is 0.250. The maximum absolute atomic E-state index is 11.9. The van der Waals surface area contributed by atoms with Crippen LogP contribution in [0.1, 0.15) is 42.8 Å². The second kappa shape index (κ2) is 7.96. The number of nitrogens with one attached hydrogen (secondary N) is 2. The molecule has 0 fully saturated rings. The van der Waals surface area contributed by atoms with E-state index in [-0.39, 0.29) is 24.4 Å². The maximum atomic E-state index is 11.9. The van der Waals surface area contributed by atoms with Crippen molar-refractivity contribution in [1.29, 1.82) is 0 Å². The number of nitrogen functional groups attached to an aromatic ring is 1. The van der Waals surface area contributed by atoms with Gasteiger partial charge in [-0.25, -0.2) is 4.98 Å². The third kappa shape index (κ3) is 5.44. The number of hydrogen-bond donors (Lipinski definition) is 4. The number of carbonyl (C=O) groups is 1. The van der Waals surface area contributed by atoms with Crippen molar-refractivity contribution < 1.29 is 9.90 Å². The smallest absolute Gasteiger partial charge is 0.265 e. The molecule has 0 spiro atoms. The molecule has 0 atom stereocenters. The molecule has 0 aliphatic rings. The molecule has 7 heteroatoms. The fraction of sp³-hybridized carbons (Fsp3) is 0.667. The van der Waals surface area contributed by atoms with E-state index in [0.29, 0.717) is 16.6 Å². The number of aliphatic hydroxyl groups is 1. The summed E-state index contributed by atoms with van der Waals surface area (Å²) in [5, 5.41) is 15.2. The Hall–Kier alpha value is -1.34. The lowest BCUT2D eigenvalue weighted by atomic mass is 10.2. The van der Waals surface area contributed by atoms with Crippen LogP contribution >= 0.6 is 11.3 Å². The molecule has 6 nitrogen and oxygen atoms in total. The maximum Gasteiger partial charge on any atom is 0.265 e. The van der Waals surface area contributed by atoms with Gasteiger partial charge in [-0.1, -0.05) is 11.3 Å². The molecule has 1 aromatic rings. The molecule has 1 rings (SSSR count). The number of unbranched alkanes of at least 4 members (excludes halogenated alkanes) is 2. The van der Waals surface area contributed by atoms with Crippen LogP contribution in [0.5, 0.6) is 0 Å². The van der Waals surface area contributed by atoms with Gasteiger partial charge < -0.3 is 21.5 Å². The Morgan fingerprint density at radius 3 is 2.79 bits per heavy atom. The van der Waals surface area contributed by atoms with Gasteiger partial charge in [-0.3, -0.25) is 4.79 Å². The fourth-order valence-electron chi connectivity index (χ4n) is 1.50. The molecule has 1 heterocycles. The van der Waals surface area contributed by atoms with Crippen molar-refractivity contribution in [3.05, 3.63) is 4.88 Å². The molecule has 0 saturated heterocycles. The van der Waals surface area contributed by atoms with Crippen LogP contribution in [0, 0.1) is 0 Å². The Labute approximate surface area is 117 Å². The van der Waals surface area contributed by atoms with Gasteiger partial charge in [-0.15, -0.1) is 0 Å². The predicted molar refractivity (Wildman–Crippen MR) is 78.6 cm³/mol. The van der Waals surface area contributed by atoms with E-state index in [2.05, 4.69) is 15.6 Å². The van der Waals surface area contributed by atoms with Crippen LogP contribution in [-0.4, -0.2) is 35.2 Å². The second-order valence-electron chi connectivity index (χ2n) is 4.57. The molecule has 0 radical (unpaired) electrons. The van der Waals surface area contributed by atoms with E-state index in [1.807, 2.05) is 13.8 Å². The number of amides is 1. The molecule has 0 unspecified atom stereocenters. The first-order chi connectivity index (χ1) is 9.04. The standard InChI is InChI=1S/C12H22N4O2S/c1-8(2)15-12-16-10(13)9(19-12)11(18)14-6-4-3-5-7-17/h8,17H,3-7,13H2,1-2H3,(H,14,18)(H,15,16). The molecule has 1 aromatic heterocycles. The molecule has 1 amide bonds. The van der Waals surface area contributed by atoms with Crippen LogP contribution in [0.2, 0.25) is 0 Å². The summed E-state index contributed by atoms with van der Waals surface area (Å²) in [6.07, 6.45) is 2.51. The van der Waals surface area contributed by atoms with E-state index in [4.69, 9.17) is 10.8 Å². The van der Waals surface area contributed by atoms with E-state index < -0.39 is 0 Å². The Balaban J connectivity index is 2.45. The highest BCUT2D eigenvalue weighted by Gasteiger charge is 2.15. The van der Waals surface area contributed by atoms with Gasteiger partial charge >= 0.3 is 0 Å². The first-order valence-corrected chi connectivity index (χ1v) is 7.28. The third-order valence-corrected chi connectivity index (χ3v) is 3.39. The zero-order chi connectivity index (χ0) is 14.3. The van der Waals surface area contributed by atoms with E-state index in [1.54, 1.807) is 0 Å². The van der Waals surface area contributed by atoms with E-state index in [1.165, 1.54) is 11.3 Å². The molecule has 0 bridgehead atoms. The summed E-state index contributed by atoms with van der Waals surface area (Å²) in [7, 11) is 0. The zero-order valence-electron chi connectivity index (χ0n) is 11.4. The van der Waals surface area contributed by atoms with Gasteiger partial charge in [0.15, 0.2) is 5.13 Å². The number of nitrogens with zero attached hydrogens (tertiary/aromatic N) is 1. The molecule has 0 aliphatic carbocycles. The van der Waals surface area contributed by atoms with Gasteiger partial charge in [0.05, 0.1) is 0 Å². The van der Waals surface area contributed by atoms with Crippen LogP contribution in [-0.2, 0) is 0 Å². The zero-order valence-corrected chi connectivity index (χ0v) is 12.2. The van der Waals surface area contributed by atoms with Crippen LogP contribution in [0.4, 0.5) is 10.9 Å². The Morgan fingerprint density at radius 2 is 2.16 bits per heavy atom. The molecule has 19 heavy (non-hydrogen) atoms. The second-order valence-corrected chi connectivity index (χ2v) is 5.57. The number of hydrogen-bond acceptors (Lipinski definition) is 6. The molecule has 108 valence electrons. The normalized spacial score (nSPS) is 10.7. The number of nitrogens with two attached hydrogens (primary N) is 1. The first kappa shape index (κ1) is 15.7. The van der Waals surface area contributed by atoms with Gasteiger partial charge in [0.2, 0.25) is 0 Å². The van der Waals surface area contributed by atoms with Crippen molar-refractivity contribution >= 4 is 28.2 Å². The van der Waals surface area contributed by atoms with Crippen molar-refractivity contribution in [1.82, 2.24) is 10.3 Å². The summed E-state index contributed by atoms with van der Waals surface area (Å²) in [4.78, 5) is 16.5. The molecule has 0 aromatic carbocycles. The lowest BCUT2D eigenvalue weighted by Gasteiger charge is -2.04. The number of anilines is 2. The Morgan fingerprint density at radius 1 is 1.42 bits per heavy atom. The third-order valence-electron chi connectivity index (χ3n) is 2.39. The van der Waals surface area contributed by atoms with Crippen LogP contribution in [0.3, 0.4) is 0 Å². The Kier molecular flexibility index (Phi) is 6.58. The minimum Gasteiger partial charge on any atom is -0.396 e. The number of aliphatic hydroxyl groups excluding tert-OH is 1. The van der Waals surface area contributed by atoms with Crippen LogP contribution < -0.4 is 16.4 Å². The van der Waals surface area contributed by atoms with Crippen molar-refractivity contribution in [3.63, 3.8) is 0 Å². The molecule has 0 aliphatic heterocycles. The quantitative estimate of drug-likeness (QED) is 0.542.